The summed E-state index contributed by atoms with van der Waals surface area (Å²) < 4.78 is 10.4. The monoisotopic (exact) mass is 259 g/mol. The van der Waals surface area contributed by atoms with Gasteiger partial charge < -0.3 is 14.8 Å². The number of rotatable bonds is 10. The zero-order valence-corrected chi connectivity index (χ0v) is 11.4. The third kappa shape index (κ3) is 6.68. The van der Waals surface area contributed by atoms with E-state index in [1.165, 1.54) is 0 Å². The first-order valence-corrected chi connectivity index (χ1v) is 6.77. The predicted molar refractivity (Wildman–Crippen MR) is 68.3 cm³/mol. The van der Waals surface area contributed by atoms with Crippen molar-refractivity contribution in [3.8, 4) is 0 Å². The summed E-state index contributed by atoms with van der Waals surface area (Å²) in [5.41, 5.74) is 0. The van der Waals surface area contributed by atoms with Gasteiger partial charge in [-0.2, -0.15) is 0 Å². The van der Waals surface area contributed by atoms with Gasteiger partial charge in [0, 0.05) is 33.2 Å². The van der Waals surface area contributed by atoms with Gasteiger partial charge in [-0.1, -0.05) is 6.92 Å². The van der Waals surface area contributed by atoms with Gasteiger partial charge >= 0.3 is 0 Å². The molecule has 0 aliphatic rings. The third-order valence-corrected chi connectivity index (χ3v) is 3.06. The van der Waals surface area contributed by atoms with Gasteiger partial charge in [-0.05, 0) is 6.42 Å². The Morgan fingerprint density at radius 3 is 2.76 bits per heavy atom. The summed E-state index contributed by atoms with van der Waals surface area (Å²) in [5, 5.41) is 13.6. The highest BCUT2D eigenvalue weighted by Crippen LogP contribution is 2.10. The van der Waals surface area contributed by atoms with Crippen molar-refractivity contribution in [2.45, 2.75) is 26.3 Å². The highest BCUT2D eigenvalue weighted by atomic mass is 32.1. The molecule has 0 aromatic carbocycles. The number of nitrogens with one attached hydrogen (secondary N) is 1. The lowest BCUT2D eigenvalue weighted by Gasteiger charge is -1.99. The number of methoxy groups -OCH3 is 1. The fraction of sp³-hybridized carbons (Fsp3) is 0.818. The van der Waals surface area contributed by atoms with E-state index in [1.54, 1.807) is 18.4 Å². The molecule has 0 spiro atoms. The molecule has 1 aromatic heterocycles. The summed E-state index contributed by atoms with van der Waals surface area (Å²) in [4.78, 5) is 0. The summed E-state index contributed by atoms with van der Waals surface area (Å²) in [6.45, 7) is 5.98. The van der Waals surface area contributed by atoms with Gasteiger partial charge in [0.1, 0.15) is 10.0 Å². The van der Waals surface area contributed by atoms with E-state index in [2.05, 4.69) is 22.4 Å². The van der Waals surface area contributed by atoms with Crippen LogP contribution >= 0.6 is 11.3 Å². The standard InChI is InChI=1S/C11H21N3O2S/c1-3-6-16-7-4-10-13-14-11(17-10)9-12-5-8-15-2/h12H,3-9H2,1-2H3. The van der Waals surface area contributed by atoms with Crippen LogP contribution in [-0.2, 0) is 22.4 Å². The second-order valence-corrected chi connectivity index (χ2v) is 4.77. The summed E-state index contributed by atoms with van der Waals surface area (Å²) in [6.07, 6.45) is 1.92. The molecule has 0 fully saturated rings. The van der Waals surface area contributed by atoms with Crippen molar-refractivity contribution < 1.29 is 9.47 Å². The molecule has 1 aromatic rings. The minimum absolute atomic E-state index is 0.719. The van der Waals surface area contributed by atoms with Gasteiger partial charge in [-0.3, -0.25) is 0 Å². The maximum absolute atomic E-state index is 5.42. The van der Waals surface area contributed by atoms with Crippen LogP contribution in [0.2, 0.25) is 0 Å². The minimum atomic E-state index is 0.719. The van der Waals surface area contributed by atoms with Crippen LogP contribution in [0.5, 0.6) is 0 Å². The zero-order valence-electron chi connectivity index (χ0n) is 10.6. The van der Waals surface area contributed by atoms with E-state index in [0.29, 0.717) is 0 Å². The molecule has 0 bridgehead atoms. The highest BCUT2D eigenvalue weighted by molar-refractivity contribution is 7.11. The molecule has 1 heterocycles. The number of aromatic nitrogens is 2. The van der Waals surface area contributed by atoms with Crippen LogP contribution in [0.4, 0.5) is 0 Å². The van der Waals surface area contributed by atoms with Crippen molar-refractivity contribution >= 4 is 11.3 Å². The maximum Gasteiger partial charge on any atom is 0.131 e. The molecule has 17 heavy (non-hydrogen) atoms. The Bertz CT molecular complexity index is 267. The Labute approximate surface area is 107 Å². The lowest BCUT2D eigenvalue weighted by molar-refractivity contribution is 0.138. The van der Waals surface area contributed by atoms with Crippen LogP contribution in [-0.4, -0.2) is 43.7 Å². The fourth-order valence-corrected chi connectivity index (χ4v) is 2.03. The Kier molecular flexibility index (Phi) is 8.08. The summed E-state index contributed by atoms with van der Waals surface area (Å²) in [7, 11) is 1.70. The number of hydrogen-bond donors (Lipinski definition) is 1. The third-order valence-electron chi connectivity index (χ3n) is 2.08. The molecule has 0 aliphatic heterocycles. The van der Waals surface area contributed by atoms with Crippen molar-refractivity contribution in [2.75, 3.05) is 33.5 Å². The van der Waals surface area contributed by atoms with Gasteiger partial charge in [0.05, 0.1) is 13.2 Å². The molecule has 6 heteroatoms. The van der Waals surface area contributed by atoms with Crippen molar-refractivity contribution in [1.29, 1.82) is 0 Å². The predicted octanol–water partition coefficient (Wildman–Crippen LogP) is 1.24. The van der Waals surface area contributed by atoms with E-state index in [9.17, 15) is 0 Å². The molecule has 98 valence electrons. The zero-order chi connectivity index (χ0) is 12.3. The van der Waals surface area contributed by atoms with Crippen molar-refractivity contribution in [3.05, 3.63) is 10.0 Å². The summed E-state index contributed by atoms with van der Waals surface area (Å²) in [5.74, 6) is 0. The molecular weight excluding hydrogens is 238 g/mol. The molecule has 0 amide bonds. The van der Waals surface area contributed by atoms with Gasteiger partial charge in [-0.25, -0.2) is 0 Å². The second-order valence-electron chi connectivity index (χ2n) is 3.62. The van der Waals surface area contributed by atoms with Crippen LogP contribution in [0.1, 0.15) is 23.4 Å². The average molecular weight is 259 g/mol. The fourth-order valence-electron chi connectivity index (χ4n) is 1.24. The first kappa shape index (κ1) is 14.5. The molecular formula is C11H21N3O2S. The van der Waals surface area contributed by atoms with Crippen LogP contribution in [0.3, 0.4) is 0 Å². The highest BCUT2D eigenvalue weighted by Gasteiger charge is 2.03. The van der Waals surface area contributed by atoms with E-state index in [-0.39, 0.29) is 0 Å². The van der Waals surface area contributed by atoms with Crippen molar-refractivity contribution in [3.63, 3.8) is 0 Å². The van der Waals surface area contributed by atoms with Crippen molar-refractivity contribution in [1.82, 2.24) is 15.5 Å². The van der Waals surface area contributed by atoms with Gasteiger partial charge in [0.15, 0.2) is 0 Å². The van der Waals surface area contributed by atoms with Crippen molar-refractivity contribution in [2.24, 2.45) is 0 Å². The molecule has 0 saturated heterocycles. The lowest BCUT2D eigenvalue weighted by Crippen LogP contribution is -2.18. The molecule has 5 nitrogen and oxygen atoms in total. The van der Waals surface area contributed by atoms with Crippen LogP contribution in [0.15, 0.2) is 0 Å². The SMILES string of the molecule is CCCOCCc1nnc(CNCCOC)s1. The first-order valence-electron chi connectivity index (χ1n) is 5.95. The molecule has 0 radical (unpaired) electrons. The van der Waals surface area contributed by atoms with Crippen LogP contribution in [0, 0.1) is 0 Å². The normalized spacial score (nSPS) is 10.9. The largest absolute Gasteiger partial charge is 0.383 e. The van der Waals surface area contributed by atoms with E-state index in [0.717, 1.165) is 55.8 Å². The smallest absolute Gasteiger partial charge is 0.131 e. The van der Waals surface area contributed by atoms with Gasteiger partial charge in [-0.15, -0.1) is 21.5 Å². The van der Waals surface area contributed by atoms with Gasteiger partial charge in [0.2, 0.25) is 0 Å². The lowest BCUT2D eigenvalue weighted by atomic mass is 10.5. The van der Waals surface area contributed by atoms with E-state index >= 15 is 0 Å². The first-order chi connectivity index (χ1) is 8.36. The quantitative estimate of drug-likeness (QED) is 0.641. The molecule has 0 atom stereocenters. The van der Waals surface area contributed by atoms with E-state index < -0.39 is 0 Å². The maximum atomic E-state index is 5.42. The molecule has 0 unspecified atom stereocenters. The Morgan fingerprint density at radius 2 is 2.00 bits per heavy atom. The molecule has 1 N–H and O–H groups in total. The molecule has 1 rings (SSSR count). The molecule has 0 aliphatic carbocycles. The molecule has 0 saturated carbocycles. The minimum Gasteiger partial charge on any atom is -0.383 e. The van der Waals surface area contributed by atoms with Crippen LogP contribution in [0.25, 0.3) is 0 Å². The van der Waals surface area contributed by atoms with E-state index in [1.807, 2.05) is 0 Å². The average Bonchev–Trinajstić information content (AvgIpc) is 2.78. The number of nitrogens with zero attached hydrogens (tertiary/aromatic N) is 2. The second kappa shape index (κ2) is 9.47. The number of ether oxygens (including phenoxy) is 2. The topological polar surface area (TPSA) is 56.3 Å². The summed E-state index contributed by atoms with van der Waals surface area (Å²) >= 11 is 1.64. The Morgan fingerprint density at radius 1 is 1.18 bits per heavy atom. The summed E-state index contributed by atoms with van der Waals surface area (Å²) in [6, 6.07) is 0. The number of hydrogen-bond acceptors (Lipinski definition) is 6. The van der Waals surface area contributed by atoms with E-state index in [4.69, 9.17) is 9.47 Å². The Hall–Kier alpha value is -0.560. The van der Waals surface area contributed by atoms with Gasteiger partial charge in [0.25, 0.3) is 0 Å². The van der Waals surface area contributed by atoms with Crippen LogP contribution < -0.4 is 5.32 Å². The Balaban J connectivity index is 2.14.